The largest absolute Gasteiger partial charge is 0.355 e. The highest BCUT2D eigenvalue weighted by Gasteiger charge is 2.22. The molecule has 6 nitrogen and oxygen atoms in total. The zero-order valence-electron chi connectivity index (χ0n) is 13.1. The second-order valence-electron chi connectivity index (χ2n) is 5.80. The SMILES string of the molecule is O=S(=O)(NCC1CCN(c2cnccn2)CC1)c1ccc(Br)cc1. The van der Waals surface area contributed by atoms with Crippen LogP contribution in [0.5, 0.6) is 0 Å². The van der Waals surface area contributed by atoms with Crippen LogP contribution in [0.3, 0.4) is 0 Å². The van der Waals surface area contributed by atoms with E-state index in [9.17, 15) is 8.42 Å². The molecule has 3 rings (SSSR count). The van der Waals surface area contributed by atoms with E-state index in [0.29, 0.717) is 17.4 Å². The molecular weight excluding hydrogens is 392 g/mol. The van der Waals surface area contributed by atoms with Gasteiger partial charge in [0, 0.05) is 36.5 Å². The minimum Gasteiger partial charge on any atom is -0.355 e. The highest BCUT2D eigenvalue weighted by Crippen LogP contribution is 2.21. The molecule has 2 aromatic rings. The van der Waals surface area contributed by atoms with Gasteiger partial charge >= 0.3 is 0 Å². The standard InChI is InChI=1S/C16H19BrN4O2S/c17-14-1-3-15(4-2-14)24(22,23)20-11-13-5-9-21(10-6-13)16-12-18-7-8-19-16/h1-4,7-8,12-13,20H,5-6,9-11H2. The number of benzene rings is 1. The Morgan fingerprint density at radius 3 is 2.50 bits per heavy atom. The van der Waals surface area contributed by atoms with Crippen molar-refractivity contribution >= 4 is 31.8 Å². The Balaban J connectivity index is 1.52. The second-order valence-corrected chi connectivity index (χ2v) is 8.48. The molecule has 1 fully saturated rings. The lowest BCUT2D eigenvalue weighted by Crippen LogP contribution is -2.39. The summed E-state index contributed by atoms with van der Waals surface area (Å²) in [5, 5.41) is 0. The molecule has 0 spiro atoms. The molecule has 0 atom stereocenters. The highest BCUT2D eigenvalue weighted by atomic mass is 79.9. The molecule has 1 aromatic carbocycles. The lowest BCUT2D eigenvalue weighted by Gasteiger charge is -2.32. The van der Waals surface area contributed by atoms with Crippen molar-refractivity contribution in [2.45, 2.75) is 17.7 Å². The van der Waals surface area contributed by atoms with E-state index in [-0.39, 0.29) is 0 Å². The number of piperidine rings is 1. The van der Waals surface area contributed by atoms with E-state index in [1.165, 1.54) is 0 Å². The molecule has 1 aromatic heterocycles. The molecular formula is C16H19BrN4O2S. The Kier molecular flexibility index (Phi) is 5.47. The van der Waals surface area contributed by atoms with Crippen molar-refractivity contribution in [3.63, 3.8) is 0 Å². The minimum atomic E-state index is -3.45. The minimum absolute atomic E-state index is 0.294. The first-order valence-electron chi connectivity index (χ1n) is 7.81. The predicted octanol–water partition coefficient (Wildman–Crippen LogP) is 2.43. The summed E-state index contributed by atoms with van der Waals surface area (Å²) in [6.07, 6.45) is 6.97. The summed E-state index contributed by atoms with van der Waals surface area (Å²) < 4.78 is 28.2. The van der Waals surface area contributed by atoms with Gasteiger partial charge in [0.05, 0.1) is 11.1 Å². The summed E-state index contributed by atoms with van der Waals surface area (Å²) >= 11 is 3.31. The molecule has 0 bridgehead atoms. The molecule has 0 amide bonds. The van der Waals surface area contributed by atoms with Gasteiger partial charge in [-0.3, -0.25) is 4.98 Å². The van der Waals surface area contributed by atoms with Crippen molar-refractivity contribution in [3.8, 4) is 0 Å². The molecule has 128 valence electrons. The van der Waals surface area contributed by atoms with Crippen LogP contribution >= 0.6 is 15.9 Å². The maximum atomic E-state index is 12.3. The smallest absolute Gasteiger partial charge is 0.240 e. The monoisotopic (exact) mass is 410 g/mol. The summed E-state index contributed by atoms with van der Waals surface area (Å²) in [4.78, 5) is 10.9. The molecule has 0 saturated carbocycles. The van der Waals surface area contributed by atoms with Gasteiger partial charge in [-0.05, 0) is 43.0 Å². The summed E-state index contributed by atoms with van der Waals surface area (Å²) in [5.41, 5.74) is 0. The second kappa shape index (κ2) is 7.58. The number of hydrogen-bond acceptors (Lipinski definition) is 5. The fourth-order valence-corrected chi connectivity index (χ4v) is 4.13. The fraction of sp³-hybridized carbons (Fsp3) is 0.375. The van der Waals surface area contributed by atoms with E-state index in [0.717, 1.165) is 36.2 Å². The van der Waals surface area contributed by atoms with E-state index in [4.69, 9.17) is 0 Å². The average molecular weight is 411 g/mol. The Hall–Kier alpha value is -1.51. The van der Waals surface area contributed by atoms with E-state index in [1.807, 2.05) is 0 Å². The van der Waals surface area contributed by atoms with Crippen molar-refractivity contribution < 1.29 is 8.42 Å². The van der Waals surface area contributed by atoms with Gasteiger partial charge in [-0.2, -0.15) is 0 Å². The van der Waals surface area contributed by atoms with Gasteiger partial charge in [0.1, 0.15) is 5.82 Å². The predicted molar refractivity (Wildman–Crippen MR) is 96.3 cm³/mol. The van der Waals surface area contributed by atoms with Crippen LogP contribution in [0.25, 0.3) is 0 Å². The molecule has 2 heterocycles. The van der Waals surface area contributed by atoms with E-state index in [2.05, 4.69) is 35.5 Å². The number of aromatic nitrogens is 2. The quantitative estimate of drug-likeness (QED) is 0.818. The van der Waals surface area contributed by atoms with Crippen LogP contribution in [0.2, 0.25) is 0 Å². The van der Waals surface area contributed by atoms with Gasteiger partial charge in [0.15, 0.2) is 0 Å². The van der Waals surface area contributed by atoms with Crippen molar-refractivity contribution in [2.75, 3.05) is 24.5 Å². The molecule has 0 unspecified atom stereocenters. The molecule has 1 aliphatic heterocycles. The van der Waals surface area contributed by atoms with Gasteiger partial charge in [0.25, 0.3) is 0 Å². The highest BCUT2D eigenvalue weighted by molar-refractivity contribution is 9.10. The lowest BCUT2D eigenvalue weighted by molar-refractivity contribution is 0.400. The lowest BCUT2D eigenvalue weighted by atomic mass is 9.97. The van der Waals surface area contributed by atoms with E-state index in [1.54, 1.807) is 42.9 Å². The summed E-state index contributed by atoms with van der Waals surface area (Å²) in [6, 6.07) is 6.66. The topological polar surface area (TPSA) is 75.2 Å². The molecule has 24 heavy (non-hydrogen) atoms. The average Bonchev–Trinajstić information content (AvgIpc) is 2.62. The number of nitrogens with one attached hydrogen (secondary N) is 1. The summed E-state index contributed by atoms with van der Waals surface area (Å²) in [7, 11) is -3.45. The molecule has 1 N–H and O–H groups in total. The third-order valence-electron chi connectivity index (χ3n) is 4.17. The summed E-state index contributed by atoms with van der Waals surface area (Å²) in [6.45, 7) is 2.19. The Morgan fingerprint density at radius 1 is 1.17 bits per heavy atom. The third-order valence-corrected chi connectivity index (χ3v) is 6.14. The molecule has 0 radical (unpaired) electrons. The van der Waals surface area contributed by atoms with Gasteiger partial charge < -0.3 is 4.90 Å². The maximum absolute atomic E-state index is 12.3. The fourth-order valence-electron chi connectivity index (χ4n) is 2.75. The Morgan fingerprint density at radius 2 is 1.88 bits per heavy atom. The molecule has 0 aliphatic carbocycles. The van der Waals surface area contributed by atoms with Crippen LogP contribution in [0.4, 0.5) is 5.82 Å². The first-order chi connectivity index (χ1) is 11.5. The van der Waals surface area contributed by atoms with Gasteiger partial charge in [-0.25, -0.2) is 18.1 Å². The van der Waals surface area contributed by atoms with Crippen LogP contribution < -0.4 is 9.62 Å². The number of sulfonamides is 1. The number of rotatable bonds is 5. The first kappa shape index (κ1) is 17.3. The zero-order chi connectivity index (χ0) is 17.0. The normalized spacial score (nSPS) is 16.3. The van der Waals surface area contributed by atoms with Crippen LogP contribution in [-0.4, -0.2) is 38.0 Å². The van der Waals surface area contributed by atoms with E-state index < -0.39 is 10.0 Å². The molecule has 1 aliphatic rings. The number of halogens is 1. The number of anilines is 1. The first-order valence-corrected chi connectivity index (χ1v) is 10.1. The number of nitrogens with zero attached hydrogens (tertiary/aromatic N) is 3. The third kappa shape index (κ3) is 4.31. The zero-order valence-corrected chi connectivity index (χ0v) is 15.5. The summed E-state index contributed by atoms with van der Waals surface area (Å²) in [5.74, 6) is 1.22. The van der Waals surface area contributed by atoms with Crippen LogP contribution in [0.1, 0.15) is 12.8 Å². The van der Waals surface area contributed by atoms with Crippen LogP contribution in [0, 0.1) is 5.92 Å². The molecule has 1 saturated heterocycles. The molecule has 8 heteroatoms. The Bertz CT molecular complexity index is 760. The van der Waals surface area contributed by atoms with Crippen LogP contribution in [0.15, 0.2) is 52.2 Å². The van der Waals surface area contributed by atoms with Gasteiger partial charge in [0.2, 0.25) is 10.0 Å². The van der Waals surface area contributed by atoms with E-state index >= 15 is 0 Å². The van der Waals surface area contributed by atoms with Crippen molar-refractivity contribution in [3.05, 3.63) is 47.3 Å². The maximum Gasteiger partial charge on any atom is 0.240 e. The van der Waals surface area contributed by atoms with Crippen molar-refractivity contribution in [1.29, 1.82) is 0 Å². The Labute approximate surface area is 150 Å². The van der Waals surface area contributed by atoms with Crippen molar-refractivity contribution in [1.82, 2.24) is 14.7 Å². The van der Waals surface area contributed by atoms with Crippen molar-refractivity contribution in [2.24, 2.45) is 5.92 Å². The van der Waals surface area contributed by atoms with Gasteiger partial charge in [-0.1, -0.05) is 15.9 Å². The van der Waals surface area contributed by atoms with Gasteiger partial charge in [-0.15, -0.1) is 0 Å². The van der Waals surface area contributed by atoms with Crippen LogP contribution in [-0.2, 0) is 10.0 Å². The number of hydrogen-bond donors (Lipinski definition) is 1.